The number of aryl methyl sites for hydroxylation is 1. The fourth-order valence-corrected chi connectivity index (χ4v) is 1.76. The number of H-pyrrole nitrogens is 1. The van der Waals surface area contributed by atoms with Gasteiger partial charge in [0.05, 0.1) is 5.52 Å². The highest BCUT2D eigenvalue weighted by atomic mass is 15.0. The number of imidazole rings is 1. The fraction of sp³-hybridized carbons (Fsp3) is 0.455. The molecule has 0 aromatic carbocycles. The summed E-state index contributed by atoms with van der Waals surface area (Å²) in [6.45, 7) is 0. The molecule has 0 aliphatic heterocycles. The summed E-state index contributed by atoms with van der Waals surface area (Å²) in [5, 5.41) is 0. The molecular weight excluding hydrogens is 174 g/mol. The Kier molecular flexibility index (Phi) is 1.76. The number of aromatic nitrogens is 3. The van der Waals surface area contributed by atoms with Crippen molar-refractivity contribution in [3.05, 3.63) is 24.2 Å². The summed E-state index contributed by atoms with van der Waals surface area (Å²) in [5.41, 5.74) is 1.90. The smallest absolute Gasteiger partial charge is 0.177 e. The molecule has 3 rings (SSSR count). The third-order valence-corrected chi connectivity index (χ3v) is 2.79. The van der Waals surface area contributed by atoms with Crippen molar-refractivity contribution < 1.29 is 0 Å². The van der Waals surface area contributed by atoms with Gasteiger partial charge < -0.3 is 4.98 Å². The van der Waals surface area contributed by atoms with Gasteiger partial charge in [0.1, 0.15) is 5.82 Å². The first-order valence-corrected chi connectivity index (χ1v) is 5.21. The number of hydrogen-bond donors (Lipinski definition) is 1. The highest BCUT2D eigenvalue weighted by Crippen LogP contribution is 2.33. The second-order valence-corrected chi connectivity index (χ2v) is 4.04. The van der Waals surface area contributed by atoms with Crippen LogP contribution in [-0.2, 0) is 6.42 Å². The molecule has 1 aliphatic carbocycles. The van der Waals surface area contributed by atoms with Crippen LogP contribution in [0.5, 0.6) is 0 Å². The molecular formula is C11H13N3. The van der Waals surface area contributed by atoms with Gasteiger partial charge in [-0.2, -0.15) is 0 Å². The lowest BCUT2D eigenvalue weighted by atomic mass is 10.2. The Morgan fingerprint density at radius 2 is 2.36 bits per heavy atom. The van der Waals surface area contributed by atoms with Crippen molar-refractivity contribution >= 4 is 11.2 Å². The Bertz CT molecular complexity index is 409. The van der Waals surface area contributed by atoms with Crippen LogP contribution in [0.25, 0.3) is 11.2 Å². The van der Waals surface area contributed by atoms with Gasteiger partial charge in [-0.15, -0.1) is 0 Å². The lowest BCUT2D eigenvalue weighted by Crippen LogP contribution is -1.88. The molecule has 0 radical (unpaired) electrons. The molecule has 1 fully saturated rings. The Balaban J connectivity index is 1.82. The Labute approximate surface area is 82.6 Å². The van der Waals surface area contributed by atoms with Crippen LogP contribution in [0.2, 0.25) is 0 Å². The lowest BCUT2D eigenvalue weighted by Gasteiger charge is -1.92. The number of pyridine rings is 1. The minimum absolute atomic E-state index is 0.846. The van der Waals surface area contributed by atoms with E-state index >= 15 is 0 Å². The molecule has 1 N–H and O–H groups in total. The Morgan fingerprint density at radius 1 is 1.43 bits per heavy atom. The van der Waals surface area contributed by atoms with Gasteiger partial charge in [0, 0.05) is 12.6 Å². The predicted molar refractivity (Wildman–Crippen MR) is 54.9 cm³/mol. The third kappa shape index (κ3) is 1.50. The van der Waals surface area contributed by atoms with Crippen molar-refractivity contribution in [1.82, 2.24) is 15.0 Å². The van der Waals surface area contributed by atoms with Crippen LogP contribution in [0.15, 0.2) is 18.3 Å². The highest BCUT2D eigenvalue weighted by Gasteiger charge is 2.21. The van der Waals surface area contributed by atoms with Crippen molar-refractivity contribution in [3.63, 3.8) is 0 Å². The molecule has 0 amide bonds. The van der Waals surface area contributed by atoms with Crippen LogP contribution in [0.3, 0.4) is 0 Å². The third-order valence-electron chi connectivity index (χ3n) is 2.79. The van der Waals surface area contributed by atoms with E-state index in [1.807, 2.05) is 12.1 Å². The molecule has 72 valence electrons. The molecule has 0 atom stereocenters. The molecule has 1 aliphatic rings. The number of rotatable bonds is 3. The molecule has 3 heteroatoms. The standard InChI is InChI=1S/C11H13N3/c1-2-9-11(12-7-1)14-10(13-9)6-5-8-3-4-8/h1-2,7-8H,3-6H2,(H,12,13,14). The monoisotopic (exact) mass is 187 g/mol. The van der Waals surface area contributed by atoms with Crippen LogP contribution < -0.4 is 0 Å². The summed E-state index contributed by atoms with van der Waals surface area (Å²) in [5.74, 6) is 2.06. The van der Waals surface area contributed by atoms with Gasteiger partial charge in [-0.25, -0.2) is 9.97 Å². The predicted octanol–water partition coefficient (Wildman–Crippen LogP) is 2.30. The average Bonchev–Trinajstić information content (AvgIpc) is 2.94. The highest BCUT2D eigenvalue weighted by molar-refractivity contribution is 5.69. The van der Waals surface area contributed by atoms with E-state index in [-0.39, 0.29) is 0 Å². The first-order valence-electron chi connectivity index (χ1n) is 5.21. The summed E-state index contributed by atoms with van der Waals surface area (Å²) < 4.78 is 0. The molecule has 0 unspecified atom stereocenters. The quantitative estimate of drug-likeness (QED) is 0.801. The van der Waals surface area contributed by atoms with Crippen molar-refractivity contribution in [2.24, 2.45) is 5.92 Å². The number of nitrogens with one attached hydrogen (secondary N) is 1. The minimum atomic E-state index is 0.846. The van der Waals surface area contributed by atoms with E-state index in [4.69, 9.17) is 0 Å². The van der Waals surface area contributed by atoms with Crippen LogP contribution >= 0.6 is 0 Å². The summed E-state index contributed by atoms with van der Waals surface area (Å²) in [6, 6.07) is 3.96. The second kappa shape index (κ2) is 3.08. The molecule has 2 heterocycles. The normalized spacial score (nSPS) is 16.3. The van der Waals surface area contributed by atoms with Gasteiger partial charge in [-0.3, -0.25) is 0 Å². The summed E-state index contributed by atoms with van der Waals surface area (Å²) >= 11 is 0. The van der Waals surface area contributed by atoms with Gasteiger partial charge in [-0.05, 0) is 24.5 Å². The van der Waals surface area contributed by atoms with Gasteiger partial charge >= 0.3 is 0 Å². The Hall–Kier alpha value is -1.38. The van der Waals surface area contributed by atoms with Crippen LogP contribution in [-0.4, -0.2) is 15.0 Å². The molecule has 2 aromatic heterocycles. The van der Waals surface area contributed by atoms with Crippen LogP contribution in [0.1, 0.15) is 25.1 Å². The largest absolute Gasteiger partial charge is 0.341 e. The topological polar surface area (TPSA) is 41.6 Å². The number of nitrogens with zero attached hydrogens (tertiary/aromatic N) is 2. The molecule has 14 heavy (non-hydrogen) atoms. The van der Waals surface area contributed by atoms with E-state index in [1.54, 1.807) is 6.20 Å². The number of aromatic amines is 1. The SMILES string of the molecule is c1cnc2nc(CCC3CC3)[nH]c2c1. The maximum Gasteiger partial charge on any atom is 0.177 e. The molecule has 1 saturated carbocycles. The van der Waals surface area contributed by atoms with Gasteiger partial charge in [0.25, 0.3) is 0 Å². The van der Waals surface area contributed by atoms with E-state index in [0.717, 1.165) is 29.3 Å². The fourth-order valence-electron chi connectivity index (χ4n) is 1.76. The van der Waals surface area contributed by atoms with E-state index in [2.05, 4.69) is 15.0 Å². The van der Waals surface area contributed by atoms with E-state index in [9.17, 15) is 0 Å². The summed E-state index contributed by atoms with van der Waals surface area (Å²) in [4.78, 5) is 12.0. The van der Waals surface area contributed by atoms with Crippen LogP contribution in [0, 0.1) is 5.92 Å². The first-order chi connectivity index (χ1) is 6.92. The lowest BCUT2D eigenvalue weighted by molar-refractivity contribution is 0.705. The molecule has 0 saturated heterocycles. The Morgan fingerprint density at radius 3 is 3.14 bits per heavy atom. The maximum absolute atomic E-state index is 4.45. The van der Waals surface area contributed by atoms with E-state index in [0.29, 0.717) is 0 Å². The maximum atomic E-state index is 4.45. The minimum Gasteiger partial charge on any atom is -0.341 e. The zero-order chi connectivity index (χ0) is 9.38. The zero-order valence-electron chi connectivity index (χ0n) is 8.03. The van der Waals surface area contributed by atoms with Crippen LogP contribution in [0.4, 0.5) is 0 Å². The van der Waals surface area contributed by atoms with E-state index in [1.165, 1.54) is 19.3 Å². The average molecular weight is 187 g/mol. The zero-order valence-corrected chi connectivity index (χ0v) is 8.03. The second-order valence-electron chi connectivity index (χ2n) is 4.04. The molecule has 3 nitrogen and oxygen atoms in total. The van der Waals surface area contributed by atoms with E-state index < -0.39 is 0 Å². The summed E-state index contributed by atoms with van der Waals surface area (Å²) in [6.07, 6.45) is 6.96. The number of fused-ring (bicyclic) bond motifs is 1. The first kappa shape index (κ1) is 7.97. The number of hydrogen-bond acceptors (Lipinski definition) is 2. The molecule has 2 aromatic rings. The van der Waals surface area contributed by atoms with Crippen molar-refractivity contribution in [2.75, 3.05) is 0 Å². The molecule has 0 bridgehead atoms. The van der Waals surface area contributed by atoms with Gasteiger partial charge in [-0.1, -0.05) is 12.8 Å². The van der Waals surface area contributed by atoms with Crippen molar-refractivity contribution in [3.8, 4) is 0 Å². The van der Waals surface area contributed by atoms with Gasteiger partial charge in [0.2, 0.25) is 0 Å². The summed E-state index contributed by atoms with van der Waals surface area (Å²) in [7, 11) is 0. The van der Waals surface area contributed by atoms with Crippen molar-refractivity contribution in [2.45, 2.75) is 25.7 Å². The van der Waals surface area contributed by atoms with Gasteiger partial charge in [0.15, 0.2) is 5.65 Å². The van der Waals surface area contributed by atoms with Crippen molar-refractivity contribution in [1.29, 1.82) is 0 Å². The molecule has 0 spiro atoms.